The number of benzene rings is 2. The largest absolute Gasteiger partial charge is 0.484 e. The van der Waals surface area contributed by atoms with E-state index in [-0.39, 0.29) is 30.2 Å². The van der Waals surface area contributed by atoms with Crippen molar-refractivity contribution in [3.05, 3.63) is 83.1 Å². The lowest BCUT2D eigenvalue weighted by Gasteiger charge is -2.38. The Labute approximate surface area is 206 Å². The summed E-state index contributed by atoms with van der Waals surface area (Å²) in [5, 5.41) is 2.86. The van der Waals surface area contributed by atoms with Crippen LogP contribution in [0.5, 0.6) is 5.75 Å². The molecule has 1 unspecified atom stereocenters. The number of hydrogen-bond donors (Lipinski definition) is 1. The molecule has 0 saturated heterocycles. The maximum absolute atomic E-state index is 12.8. The van der Waals surface area contributed by atoms with Crippen LogP contribution in [-0.4, -0.2) is 34.8 Å². The van der Waals surface area contributed by atoms with Crippen molar-refractivity contribution in [2.75, 3.05) is 13.1 Å². The lowest BCUT2D eigenvalue weighted by molar-refractivity contribution is -0.132. The van der Waals surface area contributed by atoms with Crippen molar-refractivity contribution >= 4 is 11.8 Å². The minimum atomic E-state index is -0.249. The molecule has 1 aromatic heterocycles. The van der Waals surface area contributed by atoms with Gasteiger partial charge in [0.1, 0.15) is 12.0 Å². The van der Waals surface area contributed by atoms with Gasteiger partial charge in [0.25, 0.3) is 5.91 Å². The summed E-state index contributed by atoms with van der Waals surface area (Å²) in [7, 11) is 0. The summed E-state index contributed by atoms with van der Waals surface area (Å²) in [5.41, 5.74) is 3.60. The molecule has 2 amide bonds. The van der Waals surface area contributed by atoms with Gasteiger partial charge in [0.05, 0.1) is 6.04 Å². The molecule has 184 valence electrons. The first kappa shape index (κ1) is 24.5. The van der Waals surface area contributed by atoms with Crippen LogP contribution in [0.25, 0.3) is 0 Å². The Morgan fingerprint density at radius 3 is 2.74 bits per heavy atom. The molecule has 0 radical (unpaired) electrons. The first-order valence-electron chi connectivity index (χ1n) is 12.3. The predicted molar refractivity (Wildman–Crippen MR) is 133 cm³/mol. The molecule has 4 rings (SSSR count). The molecule has 0 fully saturated rings. The van der Waals surface area contributed by atoms with Gasteiger partial charge in [-0.2, -0.15) is 0 Å². The summed E-state index contributed by atoms with van der Waals surface area (Å²) in [6, 6.07) is 15.9. The number of oxazole rings is 1. The van der Waals surface area contributed by atoms with Crippen molar-refractivity contribution in [3.8, 4) is 5.75 Å². The Kier molecular flexibility index (Phi) is 7.85. The molecule has 7 nitrogen and oxygen atoms in total. The normalized spacial score (nSPS) is 15.1. The summed E-state index contributed by atoms with van der Waals surface area (Å²) in [5.74, 6) is 1.40. The monoisotopic (exact) mass is 475 g/mol. The molecule has 1 aliphatic heterocycles. The van der Waals surface area contributed by atoms with Crippen LogP contribution in [0.1, 0.15) is 72.7 Å². The molecular formula is C28H33N3O4. The Hall–Kier alpha value is -3.61. The van der Waals surface area contributed by atoms with Crippen LogP contribution in [0, 0.1) is 5.92 Å². The fourth-order valence-corrected chi connectivity index (χ4v) is 4.34. The number of rotatable bonds is 9. The van der Waals surface area contributed by atoms with Crippen LogP contribution < -0.4 is 10.1 Å². The predicted octanol–water partition coefficient (Wildman–Crippen LogP) is 4.91. The lowest BCUT2D eigenvalue weighted by Crippen LogP contribution is -2.40. The second kappa shape index (κ2) is 11.2. The molecule has 35 heavy (non-hydrogen) atoms. The third kappa shape index (κ3) is 5.91. The number of ether oxygens (including phenoxy) is 1. The molecule has 3 aromatic rings. The van der Waals surface area contributed by atoms with E-state index >= 15 is 0 Å². The fourth-order valence-electron chi connectivity index (χ4n) is 4.34. The van der Waals surface area contributed by atoms with Crippen molar-refractivity contribution in [2.45, 2.75) is 52.7 Å². The van der Waals surface area contributed by atoms with Crippen LogP contribution in [0.3, 0.4) is 0 Å². The van der Waals surface area contributed by atoms with Crippen LogP contribution in [-0.2, 0) is 17.8 Å². The van der Waals surface area contributed by atoms with E-state index in [1.165, 1.54) is 11.8 Å². The zero-order valence-corrected chi connectivity index (χ0v) is 20.6. The standard InChI is InChI=1S/C28H33N3O4/c1-4-26(32)31-15-13-20-10-11-22(16-23(20)27(31)21-8-6-5-7-9-21)34-18-25-30-24(17-35-25)28(33)29-14-12-19(2)3/h5-11,16-17,19,27H,4,12-15,18H2,1-3H3,(H,29,33). The summed E-state index contributed by atoms with van der Waals surface area (Å²) in [6.07, 6.45) is 3.53. The second-order valence-electron chi connectivity index (χ2n) is 9.22. The van der Waals surface area contributed by atoms with Gasteiger partial charge in [0.15, 0.2) is 12.3 Å². The number of carbonyl (C=O) groups is 2. The van der Waals surface area contributed by atoms with E-state index in [0.717, 1.165) is 24.0 Å². The summed E-state index contributed by atoms with van der Waals surface area (Å²) in [4.78, 5) is 31.2. The number of nitrogens with one attached hydrogen (secondary N) is 1. The molecule has 2 heterocycles. The van der Waals surface area contributed by atoms with Crippen molar-refractivity contribution in [1.29, 1.82) is 0 Å². The zero-order valence-electron chi connectivity index (χ0n) is 20.6. The minimum Gasteiger partial charge on any atom is -0.484 e. The van der Waals surface area contributed by atoms with Crippen LogP contribution in [0.15, 0.2) is 59.2 Å². The molecule has 2 aromatic carbocycles. The Morgan fingerprint density at radius 2 is 2.00 bits per heavy atom. The van der Waals surface area contributed by atoms with Crippen molar-refractivity contribution in [3.63, 3.8) is 0 Å². The highest BCUT2D eigenvalue weighted by atomic mass is 16.5. The quantitative estimate of drug-likeness (QED) is 0.475. The third-order valence-corrected chi connectivity index (χ3v) is 6.24. The van der Waals surface area contributed by atoms with Crippen LogP contribution in [0.4, 0.5) is 0 Å². The van der Waals surface area contributed by atoms with Crippen LogP contribution in [0.2, 0.25) is 0 Å². The highest BCUT2D eigenvalue weighted by molar-refractivity contribution is 5.91. The van der Waals surface area contributed by atoms with Crippen molar-refractivity contribution in [1.82, 2.24) is 15.2 Å². The molecule has 0 bridgehead atoms. The maximum atomic E-state index is 12.8. The second-order valence-corrected chi connectivity index (χ2v) is 9.22. The first-order chi connectivity index (χ1) is 17.0. The van der Waals surface area contributed by atoms with Crippen LogP contribution >= 0.6 is 0 Å². The SMILES string of the molecule is CCC(=O)N1CCc2ccc(OCc3nc(C(=O)NCCC(C)C)co3)cc2C1c1ccccc1. The van der Waals surface area contributed by atoms with Gasteiger partial charge in [-0.3, -0.25) is 9.59 Å². The van der Waals surface area contributed by atoms with Gasteiger partial charge in [-0.25, -0.2) is 4.98 Å². The van der Waals surface area contributed by atoms with E-state index in [1.807, 2.05) is 42.2 Å². The van der Waals surface area contributed by atoms with E-state index in [0.29, 0.717) is 37.1 Å². The number of nitrogens with zero attached hydrogens (tertiary/aromatic N) is 2. The summed E-state index contributed by atoms with van der Waals surface area (Å²) in [6.45, 7) is 7.52. The smallest absolute Gasteiger partial charge is 0.273 e. The van der Waals surface area contributed by atoms with E-state index in [2.05, 4.69) is 42.3 Å². The average molecular weight is 476 g/mol. The van der Waals surface area contributed by atoms with Gasteiger partial charge in [0.2, 0.25) is 11.8 Å². The molecule has 0 spiro atoms. The van der Waals surface area contributed by atoms with Crippen molar-refractivity contribution in [2.24, 2.45) is 5.92 Å². The summed E-state index contributed by atoms with van der Waals surface area (Å²) >= 11 is 0. The fraction of sp³-hybridized carbons (Fsp3) is 0.393. The third-order valence-electron chi connectivity index (χ3n) is 6.24. The number of hydrogen-bond acceptors (Lipinski definition) is 5. The van der Waals surface area contributed by atoms with Gasteiger partial charge in [0, 0.05) is 19.5 Å². The number of carbonyl (C=O) groups excluding carboxylic acids is 2. The molecule has 0 aliphatic carbocycles. The summed E-state index contributed by atoms with van der Waals surface area (Å²) < 4.78 is 11.4. The zero-order chi connectivity index (χ0) is 24.8. The Bertz CT molecular complexity index is 1160. The number of aromatic nitrogens is 1. The van der Waals surface area contributed by atoms with Crippen molar-refractivity contribution < 1.29 is 18.7 Å². The highest BCUT2D eigenvalue weighted by Gasteiger charge is 2.31. The van der Waals surface area contributed by atoms with Gasteiger partial charge in [-0.15, -0.1) is 0 Å². The molecular weight excluding hydrogens is 442 g/mol. The number of fused-ring (bicyclic) bond motifs is 1. The van der Waals surface area contributed by atoms with E-state index < -0.39 is 0 Å². The van der Waals surface area contributed by atoms with Gasteiger partial charge >= 0.3 is 0 Å². The van der Waals surface area contributed by atoms with Gasteiger partial charge in [-0.1, -0.05) is 57.2 Å². The maximum Gasteiger partial charge on any atom is 0.273 e. The topological polar surface area (TPSA) is 84.7 Å². The molecule has 0 saturated carbocycles. The van der Waals surface area contributed by atoms with E-state index in [9.17, 15) is 9.59 Å². The van der Waals surface area contributed by atoms with E-state index in [1.54, 1.807) is 0 Å². The number of amides is 2. The minimum absolute atomic E-state index is 0.103. The Balaban J connectivity index is 1.48. The molecule has 7 heteroatoms. The molecule has 1 aliphatic rings. The van der Waals surface area contributed by atoms with E-state index in [4.69, 9.17) is 9.15 Å². The molecule has 1 N–H and O–H groups in total. The van der Waals surface area contributed by atoms with Gasteiger partial charge in [-0.05, 0) is 47.6 Å². The average Bonchev–Trinajstić information content (AvgIpc) is 3.35. The highest BCUT2D eigenvalue weighted by Crippen LogP contribution is 2.37. The van der Waals surface area contributed by atoms with Gasteiger partial charge < -0.3 is 19.4 Å². The Morgan fingerprint density at radius 1 is 1.20 bits per heavy atom. The first-order valence-corrected chi connectivity index (χ1v) is 12.3. The lowest BCUT2D eigenvalue weighted by atomic mass is 9.87. The molecule has 1 atom stereocenters.